The first-order valence-corrected chi connectivity index (χ1v) is 5.48. The molecule has 0 spiro atoms. The van der Waals surface area contributed by atoms with E-state index in [-0.39, 0.29) is 11.8 Å². The molecule has 0 saturated carbocycles. The van der Waals surface area contributed by atoms with Gasteiger partial charge in [-0.15, -0.1) is 21.8 Å². The lowest BCUT2D eigenvalue weighted by Gasteiger charge is -2.18. The van der Waals surface area contributed by atoms with Gasteiger partial charge in [0.2, 0.25) is 11.0 Å². The highest BCUT2D eigenvalue weighted by molar-refractivity contribution is 7.15. The Bertz CT molecular complexity index is 337. The Morgan fingerprint density at radius 2 is 2.21 bits per heavy atom. The molecule has 0 bridgehead atoms. The number of halogens is 1. The van der Waals surface area contributed by atoms with Gasteiger partial charge in [0, 0.05) is 5.88 Å². The molecule has 0 saturated heterocycles. The van der Waals surface area contributed by atoms with Gasteiger partial charge in [-0.25, -0.2) is 0 Å². The first-order chi connectivity index (χ1) is 6.45. The first-order valence-electron chi connectivity index (χ1n) is 4.13. The van der Waals surface area contributed by atoms with Gasteiger partial charge >= 0.3 is 0 Å². The van der Waals surface area contributed by atoms with Crippen molar-refractivity contribution in [3.8, 4) is 0 Å². The predicted octanol–water partition coefficient (Wildman–Crippen LogP) is 2.05. The van der Waals surface area contributed by atoms with Gasteiger partial charge in [-0.05, 0) is 20.8 Å². The zero-order valence-corrected chi connectivity index (χ0v) is 9.87. The minimum Gasteiger partial charge on any atom is -0.300 e. The highest BCUT2D eigenvalue weighted by atomic mass is 35.5. The largest absolute Gasteiger partial charge is 0.300 e. The summed E-state index contributed by atoms with van der Waals surface area (Å²) >= 11 is 7.01. The molecule has 1 aromatic rings. The van der Waals surface area contributed by atoms with Crippen LogP contribution in [0.2, 0.25) is 0 Å². The Morgan fingerprint density at radius 1 is 1.57 bits per heavy atom. The van der Waals surface area contributed by atoms with Crippen LogP contribution in [-0.2, 0) is 4.79 Å². The Balaban J connectivity index is 2.66. The lowest BCUT2D eigenvalue weighted by Crippen LogP contribution is -2.32. The summed E-state index contributed by atoms with van der Waals surface area (Å²) in [5, 5.41) is 11.6. The van der Waals surface area contributed by atoms with E-state index in [9.17, 15) is 4.79 Å². The predicted molar refractivity (Wildman–Crippen MR) is 57.8 cm³/mol. The standard InChI is InChI=1S/C8H12ClN3OS/c1-5-11-12-7(14-5)10-6(13)8(2,3)4-9/h4H2,1-3H3,(H,10,12,13). The Hall–Kier alpha value is -0.680. The van der Waals surface area contributed by atoms with Crippen LogP contribution in [0.15, 0.2) is 0 Å². The maximum atomic E-state index is 11.6. The fourth-order valence-corrected chi connectivity index (χ4v) is 1.38. The van der Waals surface area contributed by atoms with Crippen molar-refractivity contribution in [3.05, 3.63) is 5.01 Å². The fraction of sp³-hybridized carbons (Fsp3) is 0.625. The average molecular weight is 234 g/mol. The number of carbonyl (C=O) groups excluding carboxylic acids is 1. The molecule has 0 aliphatic carbocycles. The number of anilines is 1. The van der Waals surface area contributed by atoms with Crippen molar-refractivity contribution in [2.75, 3.05) is 11.2 Å². The van der Waals surface area contributed by atoms with E-state index in [1.165, 1.54) is 11.3 Å². The van der Waals surface area contributed by atoms with Gasteiger partial charge in [0.1, 0.15) is 5.01 Å². The van der Waals surface area contributed by atoms with Crippen molar-refractivity contribution >= 4 is 34.0 Å². The number of hydrogen-bond acceptors (Lipinski definition) is 4. The molecular formula is C8H12ClN3OS. The third-order valence-corrected chi connectivity index (χ3v) is 3.12. The first kappa shape index (κ1) is 11.4. The molecule has 0 unspecified atom stereocenters. The zero-order valence-electron chi connectivity index (χ0n) is 8.30. The molecule has 0 aromatic carbocycles. The molecule has 14 heavy (non-hydrogen) atoms. The van der Waals surface area contributed by atoms with Gasteiger partial charge in [0.05, 0.1) is 5.41 Å². The summed E-state index contributed by atoms with van der Waals surface area (Å²) in [5.41, 5.74) is -0.582. The molecule has 78 valence electrons. The summed E-state index contributed by atoms with van der Waals surface area (Å²) in [6, 6.07) is 0. The fourth-order valence-electron chi connectivity index (χ4n) is 0.674. The summed E-state index contributed by atoms with van der Waals surface area (Å²) in [5.74, 6) is 0.139. The number of rotatable bonds is 3. The van der Waals surface area contributed by atoms with Gasteiger partial charge < -0.3 is 5.32 Å². The third kappa shape index (κ3) is 2.65. The molecule has 1 rings (SSSR count). The van der Waals surface area contributed by atoms with Crippen molar-refractivity contribution in [3.63, 3.8) is 0 Å². The summed E-state index contributed by atoms with van der Waals surface area (Å²) in [6.07, 6.45) is 0. The van der Waals surface area contributed by atoms with E-state index in [2.05, 4.69) is 15.5 Å². The molecule has 0 aliphatic heterocycles. The number of aromatic nitrogens is 2. The molecule has 0 fully saturated rings. The van der Waals surface area contributed by atoms with Crippen LogP contribution < -0.4 is 5.32 Å². The van der Waals surface area contributed by atoms with Crippen LogP contribution in [0.4, 0.5) is 5.13 Å². The van der Waals surface area contributed by atoms with E-state index >= 15 is 0 Å². The summed E-state index contributed by atoms with van der Waals surface area (Å²) in [6.45, 7) is 5.40. The van der Waals surface area contributed by atoms with E-state index in [0.717, 1.165) is 5.01 Å². The molecule has 4 nitrogen and oxygen atoms in total. The van der Waals surface area contributed by atoms with Gasteiger partial charge in [0.15, 0.2) is 0 Å². The number of alkyl halides is 1. The molecule has 1 aromatic heterocycles. The van der Waals surface area contributed by atoms with E-state index in [1.807, 2.05) is 6.92 Å². The van der Waals surface area contributed by atoms with Gasteiger partial charge in [-0.2, -0.15) is 0 Å². The molecule has 1 amide bonds. The highest BCUT2D eigenvalue weighted by Gasteiger charge is 2.27. The monoisotopic (exact) mass is 233 g/mol. The van der Waals surface area contributed by atoms with Crippen LogP contribution in [0.3, 0.4) is 0 Å². The van der Waals surface area contributed by atoms with Crippen molar-refractivity contribution < 1.29 is 4.79 Å². The van der Waals surface area contributed by atoms with Crippen LogP contribution in [0.5, 0.6) is 0 Å². The van der Waals surface area contributed by atoms with Gasteiger partial charge in [-0.1, -0.05) is 11.3 Å². The van der Waals surface area contributed by atoms with Crippen molar-refractivity contribution in [1.29, 1.82) is 0 Å². The normalized spacial score (nSPS) is 11.4. The number of nitrogens with one attached hydrogen (secondary N) is 1. The Labute approximate surface area is 91.7 Å². The van der Waals surface area contributed by atoms with Crippen LogP contribution in [0, 0.1) is 12.3 Å². The minimum absolute atomic E-state index is 0.136. The molecule has 0 radical (unpaired) electrons. The second-order valence-electron chi connectivity index (χ2n) is 3.60. The molecule has 0 aliphatic rings. The smallest absolute Gasteiger partial charge is 0.233 e. The zero-order chi connectivity index (χ0) is 10.8. The summed E-state index contributed by atoms with van der Waals surface area (Å²) in [7, 11) is 0. The SMILES string of the molecule is Cc1nnc(NC(=O)C(C)(C)CCl)s1. The molecule has 1 N–H and O–H groups in total. The van der Waals surface area contributed by atoms with Crippen LogP contribution in [0.25, 0.3) is 0 Å². The number of nitrogens with zero attached hydrogens (tertiary/aromatic N) is 2. The average Bonchev–Trinajstić information content (AvgIpc) is 2.51. The molecule has 6 heteroatoms. The maximum Gasteiger partial charge on any atom is 0.233 e. The molecule has 0 atom stereocenters. The lowest BCUT2D eigenvalue weighted by molar-refractivity contribution is -0.122. The number of aryl methyl sites for hydroxylation is 1. The summed E-state index contributed by atoms with van der Waals surface area (Å²) < 4.78 is 0. The second kappa shape index (κ2) is 4.23. The van der Waals surface area contributed by atoms with E-state index in [0.29, 0.717) is 5.13 Å². The van der Waals surface area contributed by atoms with E-state index in [1.54, 1.807) is 13.8 Å². The minimum atomic E-state index is -0.582. The van der Waals surface area contributed by atoms with E-state index < -0.39 is 5.41 Å². The highest BCUT2D eigenvalue weighted by Crippen LogP contribution is 2.21. The quantitative estimate of drug-likeness (QED) is 0.813. The number of hydrogen-bond donors (Lipinski definition) is 1. The van der Waals surface area contributed by atoms with Gasteiger partial charge in [0.25, 0.3) is 0 Å². The van der Waals surface area contributed by atoms with Crippen LogP contribution in [-0.4, -0.2) is 22.0 Å². The maximum absolute atomic E-state index is 11.6. The molecular weight excluding hydrogens is 222 g/mol. The van der Waals surface area contributed by atoms with Gasteiger partial charge in [-0.3, -0.25) is 4.79 Å². The van der Waals surface area contributed by atoms with E-state index in [4.69, 9.17) is 11.6 Å². The van der Waals surface area contributed by atoms with Crippen LogP contribution in [0.1, 0.15) is 18.9 Å². The Morgan fingerprint density at radius 3 is 2.64 bits per heavy atom. The van der Waals surface area contributed by atoms with Crippen molar-refractivity contribution in [1.82, 2.24) is 10.2 Å². The Kier molecular flexibility index (Phi) is 3.44. The van der Waals surface area contributed by atoms with Crippen molar-refractivity contribution in [2.24, 2.45) is 5.41 Å². The number of carbonyl (C=O) groups is 1. The summed E-state index contributed by atoms with van der Waals surface area (Å²) in [4.78, 5) is 11.6. The third-order valence-electron chi connectivity index (χ3n) is 1.70. The topological polar surface area (TPSA) is 54.9 Å². The van der Waals surface area contributed by atoms with Crippen molar-refractivity contribution in [2.45, 2.75) is 20.8 Å². The van der Waals surface area contributed by atoms with Crippen LogP contribution >= 0.6 is 22.9 Å². The second-order valence-corrected chi connectivity index (χ2v) is 5.05. The number of amides is 1. The molecule has 1 heterocycles. The lowest BCUT2D eigenvalue weighted by atomic mass is 9.95.